The summed E-state index contributed by atoms with van der Waals surface area (Å²) < 4.78 is 0. The number of rotatable bonds is 7. The fraction of sp³-hybridized carbons (Fsp3) is 0.333. The van der Waals surface area contributed by atoms with Crippen LogP contribution in [0.4, 0.5) is 11.4 Å². The number of nitrogens with one attached hydrogen (secondary N) is 2. The minimum Gasteiger partial charge on any atom is -0.325 e. The lowest BCUT2D eigenvalue weighted by molar-refractivity contribution is -0.122. The summed E-state index contributed by atoms with van der Waals surface area (Å²) in [6, 6.07) is 13.1. The molecule has 0 aliphatic carbocycles. The number of para-hydroxylation sites is 1. The Labute approximate surface area is 165 Å². The van der Waals surface area contributed by atoms with E-state index in [-0.39, 0.29) is 18.4 Å². The number of likely N-dealkylation sites (N-methyl/N-ethyl adjacent to an activating group) is 1. The third-order valence-corrected chi connectivity index (χ3v) is 5.24. The zero-order chi connectivity index (χ0) is 20.0. The van der Waals surface area contributed by atoms with E-state index in [4.69, 9.17) is 0 Å². The summed E-state index contributed by atoms with van der Waals surface area (Å²) in [6.07, 6.45) is 1.99. The molecule has 0 fully saturated rings. The Balaban J connectivity index is 1.94. The van der Waals surface area contributed by atoms with Crippen molar-refractivity contribution in [2.24, 2.45) is 0 Å². The maximum atomic E-state index is 12.5. The molecule has 144 valence electrons. The third-order valence-electron chi connectivity index (χ3n) is 4.52. The van der Waals surface area contributed by atoms with Crippen LogP contribution < -0.4 is 10.6 Å². The number of hydrogen-bond donors (Lipinski definition) is 2. The van der Waals surface area contributed by atoms with Gasteiger partial charge in [0.2, 0.25) is 11.8 Å². The summed E-state index contributed by atoms with van der Waals surface area (Å²) in [6.45, 7) is 5.85. The number of nitrogens with zero attached hydrogens (tertiary/aromatic N) is 1. The van der Waals surface area contributed by atoms with Crippen molar-refractivity contribution in [2.45, 2.75) is 31.7 Å². The van der Waals surface area contributed by atoms with Crippen LogP contribution in [0.2, 0.25) is 0 Å². The Hall–Kier alpha value is -2.31. The molecule has 2 N–H and O–H groups in total. The number of benzene rings is 2. The van der Waals surface area contributed by atoms with Crippen LogP contribution in [0.25, 0.3) is 0 Å². The molecule has 2 amide bonds. The van der Waals surface area contributed by atoms with E-state index in [1.165, 1.54) is 0 Å². The molecule has 0 bridgehead atoms. The van der Waals surface area contributed by atoms with Gasteiger partial charge in [-0.15, -0.1) is 11.8 Å². The van der Waals surface area contributed by atoms with Crippen LogP contribution in [0.3, 0.4) is 0 Å². The zero-order valence-electron chi connectivity index (χ0n) is 16.5. The van der Waals surface area contributed by atoms with Gasteiger partial charge in [-0.05, 0) is 63.4 Å². The fourth-order valence-corrected chi connectivity index (χ4v) is 3.16. The molecule has 27 heavy (non-hydrogen) atoms. The normalized spacial score (nSPS) is 11.9. The smallest absolute Gasteiger partial charge is 0.241 e. The first-order valence-corrected chi connectivity index (χ1v) is 10.1. The number of anilines is 2. The molecule has 0 aromatic heterocycles. The van der Waals surface area contributed by atoms with Gasteiger partial charge in [-0.25, -0.2) is 0 Å². The minimum atomic E-state index is -0.438. The lowest BCUT2D eigenvalue weighted by Gasteiger charge is -2.24. The highest BCUT2D eigenvalue weighted by Gasteiger charge is 2.20. The number of aryl methyl sites for hydroxylation is 2. The molecular weight excluding hydrogens is 358 g/mol. The van der Waals surface area contributed by atoms with Crippen molar-refractivity contribution < 1.29 is 9.59 Å². The van der Waals surface area contributed by atoms with Gasteiger partial charge in [-0.1, -0.05) is 24.3 Å². The monoisotopic (exact) mass is 385 g/mol. The van der Waals surface area contributed by atoms with Gasteiger partial charge in [0.25, 0.3) is 0 Å². The number of amides is 2. The molecule has 0 heterocycles. The molecular formula is C21H27N3O2S. The van der Waals surface area contributed by atoms with Crippen LogP contribution in [0.1, 0.15) is 18.1 Å². The van der Waals surface area contributed by atoms with E-state index < -0.39 is 6.04 Å². The van der Waals surface area contributed by atoms with Crippen molar-refractivity contribution in [1.82, 2.24) is 4.90 Å². The third kappa shape index (κ3) is 5.84. The van der Waals surface area contributed by atoms with E-state index in [2.05, 4.69) is 10.6 Å². The molecule has 0 saturated heterocycles. The summed E-state index contributed by atoms with van der Waals surface area (Å²) in [5, 5.41) is 5.87. The van der Waals surface area contributed by atoms with Gasteiger partial charge in [-0.3, -0.25) is 14.5 Å². The van der Waals surface area contributed by atoms with E-state index in [9.17, 15) is 9.59 Å². The summed E-state index contributed by atoms with van der Waals surface area (Å²) in [4.78, 5) is 27.7. The molecule has 1 atom stereocenters. The highest BCUT2D eigenvalue weighted by molar-refractivity contribution is 7.98. The van der Waals surface area contributed by atoms with Gasteiger partial charge < -0.3 is 10.6 Å². The molecule has 6 heteroatoms. The molecule has 0 aliphatic heterocycles. The van der Waals surface area contributed by atoms with Crippen molar-refractivity contribution in [2.75, 3.05) is 30.5 Å². The predicted octanol–water partition coefficient (Wildman–Crippen LogP) is 3.92. The Morgan fingerprint density at radius 3 is 2.33 bits per heavy atom. The van der Waals surface area contributed by atoms with E-state index in [1.54, 1.807) is 30.6 Å². The standard InChI is InChI=1S/C21H27N3O2S/c1-14-8-6-9-15(2)20(14)23-19(25)13-24(4)16(3)21(26)22-17-10-7-11-18(12-17)27-5/h6-12,16H,13H2,1-5H3,(H,22,26)(H,23,25). The quantitative estimate of drug-likeness (QED) is 0.709. The highest BCUT2D eigenvalue weighted by Crippen LogP contribution is 2.20. The molecule has 2 aromatic rings. The molecule has 0 saturated carbocycles. The van der Waals surface area contributed by atoms with Crippen LogP contribution >= 0.6 is 11.8 Å². The van der Waals surface area contributed by atoms with Crippen molar-refractivity contribution >= 4 is 35.0 Å². The van der Waals surface area contributed by atoms with Crippen LogP contribution in [0.5, 0.6) is 0 Å². The maximum Gasteiger partial charge on any atom is 0.241 e. The minimum absolute atomic E-state index is 0.132. The highest BCUT2D eigenvalue weighted by atomic mass is 32.2. The Kier molecular flexibility index (Phi) is 7.45. The zero-order valence-corrected chi connectivity index (χ0v) is 17.3. The fourth-order valence-electron chi connectivity index (χ4n) is 2.70. The Morgan fingerprint density at radius 2 is 1.70 bits per heavy atom. The van der Waals surface area contributed by atoms with Gasteiger partial charge >= 0.3 is 0 Å². The predicted molar refractivity (Wildman–Crippen MR) is 113 cm³/mol. The molecule has 0 aliphatic rings. The second-order valence-electron chi connectivity index (χ2n) is 6.63. The van der Waals surface area contributed by atoms with E-state index in [0.29, 0.717) is 0 Å². The SMILES string of the molecule is CSc1cccc(NC(=O)C(C)N(C)CC(=O)Nc2c(C)cccc2C)c1. The van der Waals surface area contributed by atoms with Crippen molar-refractivity contribution in [3.05, 3.63) is 53.6 Å². The lowest BCUT2D eigenvalue weighted by Crippen LogP contribution is -2.43. The van der Waals surface area contributed by atoms with Gasteiger partial charge in [0.05, 0.1) is 12.6 Å². The first-order valence-electron chi connectivity index (χ1n) is 8.83. The molecule has 1 unspecified atom stereocenters. The van der Waals surface area contributed by atoms with Gasteiger partial charge in [0.1, 0.15) is 0 Å². The first-order chi connectivity index (χ1) is 12.8. The van der Waals surface area contributed by atoms with Gasteiger partial charge in [0, 0.05) is 16.3 Å². The van der Waals surface area contributed by atoms with Crippen molar-refractivity contribution in [3.63, 3.8) is 0 Å². The molecule has 0 spiro atoms. The van der Waals surface area contributed by atoms with Crippen LogP contribution in [0, 0.1) is 13.8 Å². The van der Waals surface area contributed by atoms with Crippen molar-refractivity contribution in [1.29, 1.82) is 0 Å². The molecule has 0 radical (unpaired) electrons. The molecule has 2 rings (SSSR count). The van der Waals surface area contributed by atoms with E-state index in [0.717, 1.165) is 27.4 Å². The van der Waals surface area contributed by atoms with Crippen LogP contribution in [-0.4, -0.2) is 42.6 Å². The summed E-state index contributed by atoms with van der Waals surface area (Å²) >= 11 is 1.62. The number of carbonyl (C=O) groups is 2. The number of thioether (sulfide) groups is 1. The number of hydrogen-bond acceptors (Lipinski definition) is 4. The summed E-state index contributed by atoms with van der Waals surface area (Å²) in [5.74, 6) is -0.283. The topological polar surface area (TPSA) is 61.4 Å². The van der Waals surface area contributed by atoms with Crippen LogP contribution in [-0.2, 0) is 9.59 Å². The van der Waals surface area contributed by atoms with Crippen LogP contribution in [0.15, 0.2) is 47.4 Å². The lowest BCUT2D eigenvalue weighted by atomic mass is 10.1. The second kappa shape index (κ2) is 9.58. The largest absolute Gasteiger partial charge is 0.325 e. The average Bonchev–Trinajstić information content (AvgIpc) is 2.64. The number of carbonyl (C=O) groups excluding carboxylic acids is 2. The maximum absolute atomic E-state index is 12.5. The molecule has 5 nitrogen and oxygen atoms in total. The van der Waals surface area contributed by atoms with Gasteiger partial charge in [-0.2, -0.15) is 0 Å². The summed E-state index contributed by atoms with van der Waals surface area (Å²) in [7, 11) is 1.77. The van der Waals surface area contributed by atoms with Gasteiger partial charge in [0.15, 0.2) is 0 Å². The first kappa shape index (κ1) is 21.0. The summed E-state index contributed by atoms with van der Waals surface area (Å²) in [5.41, 5.74) is 3.63. The molecule has 2 aromatic carbocycles. The van der Waals surface area contributed by atoms with Crippen molar-refractivity contribution in [3.8, 4) is 0 Å². The van der Waals surface area contributed by atoms with E-state index in [1.807, 2.05) is 62.6 Å². The second-order valence-corrected chi connectivity index (χ2v) is 7.51. The average molecular weight is 386 g/mol. The Bertz CT molecular complexity index is 803. The van der Waals surface area contributed by atoms with E-state index >= 15 is 0 Å². The Morgan fingerprint density at radius 1 is 1.07 bits per heavy atom.